The first kappa shape index (κ1) is 13.5. The van der Waals surface area contributed by atoms with E-state index < -0.39 is 5.97 Å². The van der Waals surface area contributed by atoms with Crippen molar-refractivity contribution in [2.45, 2.75) is 13.8 Å². The second-order valence-corrected chi connectivity index (χ2v) is 5.88. The number of carbonyl (C=O) groups is 1. The molecule has 0 radical (unpaired) electrons. The van der Waals surface area contributed by atoms with Gasteiger partial charge in [0.15, 0.2) is 0 Å². The minimum atomic E-state index is -1.20. The molecule has 0 atom stereocenters. The van der Waals surface area contributed by atoms with Gasteiger partial charge in [0, 0.05) is 10.6 Å². The summed E-state index contributed by atoms with van der Waals surface area (Å²) in [6.45, 7) is 4.07. The number of fused-ring (bicyclic) bond motifs is 1. The highest BCUT2D eigenvalue weighted by molar-refractivity contribution is 7.18. The van der Waals surface area contributed by atoms with Crippen LogP contribution in [-0.4, -0.2) is 15.9 Å². The summed E-state index contributed by atoms with van der Waals surface area (Å²) in [6, 6.07) is 6.47. The fraction of sp³-hybridized carbons (Fsp3) is 0.133. The van der Waals surface area contributed by atoms with Crippen molar-refractivity contribution in [1.29, 1.82) is 0 Å². The summed E-state index contributed by atoms with van der Waals surface area (Å²) in [5.41, 5.74) is 1.91. The lowest BCUT2D eigenvalue weighted by Gasteiger charge is -2.09. The van der Waals surface area contributed by atoms with Crippen molar-refractivity contribution in [1.82, 2.24) is 9.97 Å². The quantitative estimate of drug-likeness (QED) is 0.803. The molecular formula is C15H12N3O2S-. The van der Waals surface area contributed by atoms with Gasteiger partial charge in [-0.15, -0.1) is 11.3 Å². The molecule has 106 valence electrons. The summed E-state index contributed by atoms with van der Waals surface area (Å²) in [7, 11) is 0. The number of carboxylic acid groups (broad SMARTS) is 1. The fourth-order valence-corrected chi connectivity index (χ4v) is 3.13. The molecule has 3 aromatic rings. The highest BCUT2D eigenvalue weighted by atomic mass is 32.1. The Bertz CT molecular complexity index is 842. The van der Waals surface area contributed by atoms with Gasteiger partial charge in [-0.05, 0) is 37.1 Å². The summed E-state index contributed by atoms with van der Waals surface area (Å²) < 4.78 is 0. The van der Waals surface area contributed by atoms with Gasteiger partial charge in [0.2, 0.25) is 0 Å². The summed E-state index contributed by atoms with van der Waals surface area (Å²) in [5.74, 6) is -0.522. The Kier molecular flexibility index (Phi) is 3.31. The number of carbonyl (C=O) groups excluding carboxylic acids is 1. The minimum absolute atomic E-state index is 0.128. The van der Waals surface area contributed by atoms with Crippen LogP contribution in [0, 0.1) is 13.8 Å². The third kappa shape index (κ3) is 2.45. The van der Waals surface area contributed by atoms with Gasteiger partial charge in [0.05, 0.1) is 11.4 Å². The molecule has 1 aromatic carbocycles. The molecule has 0 amide bonds. The van der Waals surface area contributed by atoms with Crippen molar-refractivity contribution >= 4 is 39.0 Å². The molecule has 0 aliphatic rings. The van der Waals surface area contributed by atoms with E-state index in [9.17, 15) is 9.90 Å². The molecule has 5 nitrogen and oxygen atoms in total. The molecule has 2 aromatic heterocycles. The van der Waals surface area contributed by atoms with Crippen LogP contribution in [0.4, 0.5) is 11.5 Å². The van der Waals surface area contributed by atoms with Crippen molar-refractivity contribution in [2.75, 3.05) is 5.32 Å². The predicted molar refractivity (Wildman–Crippen MR) is 80.9 cm³/mol. The molecule has 0 saturated carbocycles. The number of aromatic carboxylic acids is 1. The van der Waals surface area contributed by atoms with Gasteiger partial charge in [-0.25, -0.2) is 9.97 Å². The maximum atomic E-state index is 10.9. The van der Waals surface area contributed by atoms with Gasteiger partial charge in [0.25, 0.3) is 0 Å². The van der Waals surface area contributed by atoms with Gasteiger partial charge < -0.3 is 15.2 Å². The number of aromatic nitrogens is 2. The van der Waals surface area contributed by atoms with Crippen molar-refractivity contribution in [3.8, 4) is 0 Å². The predicted octanol–water partition coefficient (Wildman–Crippen LogP) is 2.42. The van der Waals surface area contributed by atoms with Gasteiger partial charge in [0.1, 0.15) is 17.0 Å². The van der Waals surface area contributed by atoms with Gasteiger partial charge in [-0.2, -0.15) is 0 Å². The molecule has 0 unspecified atom stereocenters. The average Bonchev–Trinajstić information content (AvgIpc) is 2.75. The van der Waals surface area contributed by atoms with E-state index in [1.165, 1.54) is 23.3 Å². The first-order valence-electron chi connectivity index (χ1n) is 6.35. The smallest absolute Gasteiger partial charge is 0.142 e. The van der Waals surface area contributed by atoms with Crippen LogP contribution in [0.3, 0.4) is 0 Å². The molecule has 0 fully saturated rings. The molecule has 2 heterocycles. The van der Waals surface area contributed by atoms with Gasteiger partial charge in [-0.1, -0.05) is 12.1 Å². The Morgan fingerprint density at radius 3 is 2.86 bits per heavy atom. The first-order valence-corrected chi connectivity index (χ1v) is 7.17. The summed E-state index contributed by atoms with van der Waals surface area (Å²) in [5, 5.41) is 15.0. The Morgan fingerprint density at radius 2 is 2.10 bits per heavy atom. The van der Waals surface area contributed by atoms with Crippen molar-refractivity contribution in [2.24, 2.45) is 0 Å². The zero-order valence-corrected chi connectivity index (χ0v) is 12.3. The van der Waals surface area contributed by atoms with E-state index in [-0.39, 0.29) is 5.56 Å². The largest absolute Gasteiger partial charge is 0.545 e. The highest BCUT2D eigenvalue weighted by Gasteiger charge is 2.12. The van der Waals surface area contributed by atoms with Crippen LogP contribution in [0.25, 0.3) is 10.2 Å². The third-order valence-corrected chi connectivity index (χ3v) is 4.44. The van der Waals surface area contributed by atoms with Crippen LogP contribution < -0.4 is 10.4 Å². The molecule has 0 aliphatic heterocycles. The monoisotopic (exact) mass is 298 g/mol. The number of hydrogen-bond acceptors (Lipinski definition) is 6. The SMILES string of the molecule is Cc1sc2ncnc(Nc3cccc(C(=O)[O-])c3)c2c1C. The van der Waals surface area contributed by atoms with Crippen LogP contribution in [-0.2, 0) is 0 Å². The zero-order chi connectivity index (χ0) is 15.0. The van der Waals surface area contributed by atoms with Crippen LogP contribution in [0.15, 0.2) is 30.6 Å². The maximum Gasteiger partial charge on any atom is 0.142 e. The molecule has 0 aliphatic carbocycles. The molecular weight excluding hydrogens is 286 g/mol. The molecule has 3 rings (SSSR count). The van der Waals surface area contributed by atoms with E-state index in [0.717, 1.165) is 15.8 Å². The second kappa shape index (κ2) is 5.14. The zero-order valence-electron chi connectivity index (χ0n) is 11.5. The first-order chi connectivity index (χ1) is 10.1. The second-order valence-electron chi connectivity index (χ2n) is 4.68. The lowest BCUT2D eigenvalue weighted by Crippen LogP contribution is -2.22. The van der Waals surface area contributed by atoms with E-state index in [1.807, 2.05) is 13.8 Å². The van der Waals surface area contributed by atoms with E-state index in [4.69, 9.17) is 0 Å². The van der Waals surface area contributed by atoms with Crippen LogP contribution in [0.1, 0.15) is 20.8 Å². The van der Waals surface area contributed by atoms with Crippen LogP contribution >= 0.6 is 11.3 Å². The third-order valence-electron chi connectivity index (χ3n) is 3.33. The number of rotatable bonds is 3. The number of aryl methyl sites for hydroxylation is 2. The number of nitrogens with one attached hydrogen (secondary N) is 1. The lowest BCUT2D eigenvalue weighted by molar-refractivity contribution is -0.255. The van der Waals surface area contributed by atoms with Gasteiger partial charge in [-0.3, -0.25) is 0 Å². The van der Waals surface area contributed by atoms with Crippen molar-refractivity contribution in [3.63, 3.8) is 0 Å². The van der Waals surface area contributed by atoms with Crippen molar-refractivity contribution in [3.05, 3.63) is 46.6 Å². The van der Waals surface area contributed by atoms with E-state index in [1.54, 1.807) is 23.5 Å². The van der Waals surface area contributed by atoms with Crippen LogP contribution in [0.5, 0.6) is 0 Å². The molecule has 6 heteroatoms. The fourth-order valence-electron chi connectivity index (χ4n) is 2.14. The molecule has 0 bridgehead atoms. The Hall–Kier alpha value is -2.47. The molecule has 0 spiro atoms. The Labute approximate surface area is 125 Å². The number of carboxylic acids is 1. The number of thiophene rings is 1. The van der Waals surface area contributed by atoms with Crippen molar-refractivity contribution < 1.29 is 9.90 Å². The molecule has 21 heavy (non-hydrogen) atoms. The summed E-state index contributed by atoms with van der Waals surface area (Å²) >= 11 is 1.62. The lowest BCUT2D eigenvalue weighted by atomic mass is 10.2. The number of benzene rings is 1. The van der Waals surface area contributed by atoms with Crippen LogP contribution in [0.2, 0.25) is 0 Å². The summed E-state index contributed by atoms with van der Waals surface area (Å²) in [4.78, 5) is 21.6. The summed E-state index contributed by atoms with van der Waals surface area (Å²) in [6.07, 6.45) is 1.50. The minimum Gasteiger partial charge on any atom is -0.545 e. The van der Waals surface area contributed by atoms with E-state index in [2.05, 4.69) is 15.3 Å². The normalized spacial score (nSPS) is 10.8. The highest BCUT2D eigenvalue weighted by Crippen LogP contribution is 2.33. The molecule has 1 N–H and O–H groups in total. The average molecular weight is 298 g/mol. The Morgan fingerprint density at radius 1 is 1.29 bits per heavy atom. The standard InChI is InChI=1S/C15H13N3O2S/c1-8-9(2)21-14-12(8)13(16-7-17-14)18-11-5-3-4-10(6-11)15(19)20/h3-7H,1-2H3,(H,19,20)(H,16,17,18)/p-1. The number of anilines is 2. The topological polar surface area (TPSA) is 77.9 Å². The Balaban J connectivity index is 2.06. The van der Waals surface area contributed by atoms with E-state index in [0.29, 0.717) is 11.5 Å². The van der Waals surface area contributed by atoms with Gasteiger partial charge >= 0.3 is 0 Å². The molecule has 0 saturated heterocycles. The van der Waals surface area contributed by atoms with E-state index >= 15 is 0 Å². The number of hydrogen-bond donors (Lipinski definition) is 1. The maximum absolute atomic E-state index is 10.9. The number of nitrogens with zero attached hydrogens (tertiary/aromatic N) is 2.